The van der Waals surface area contributed by atoms with Gasteiger partial charge in [-0.25, -0.2) is 9.97 Å². The summed E-state index contributed by atoms with van der Waals surface area (Å²) in [4.78, 5) is 10.8. The fourth-order valence-electron chi connectivity index (χ4n) is 1.82. The monoisotopic (exact) mass is 286 g/mol. The van der Waals surface area contributed by atoms with Crippen LogP contribution in [0.2, 0.25) is 0 Å². The Morgan fingerprint density at radius 2 is 1.90 bits per heavy atom. The van der Waals surface area contributed by atoms with Gasteiger partial charge in [-0.1, -0.05) is 12.1 Å². The molecule has 0 fully saturated rings. The standard InChI is InChI=1S/C14H14N4OS/c1-18(14-13(9-15)16-7-8-17-14)10-11-3-5-12(6-4-11)20(2)19/h3-8H,10H2,1-2H3/t20-/m1/s1. The van der Waals surface area contributed by atoms with Gasteiger partial charge in [0.1, 0.15) is 6.07 Å². The Kier molecular flexibility index (Phi) is 4.43. The van der Waals surface area contributed by atoms with Crippen molar-refractivity contribution in [3.8, 4) is 6.07 Å². The Labute approximate surface area is 120 Å². The van der Waals surface area contributed by atoms with E-state index in [0.717, 1.165) is 10.5 Å². The van der Waals surface area contributed by atoms with Gasteiger partial charge in [0.05, 0.1) is 0 Å². The van der Waals surface area contributed by atoms with Crippen LogP contribution in [0.25, 0.3) is 0 Å². The van der Waals surface area contributed by atoms with Crippen molar-refractivity contribution in [2.24, 2.45) is 0 Å². The molecule has 0 bridgehead atoms. The molecule has 0 unspecified atom stereocenters. The molecular formula is C14H14N4OS. The van der Waals surface area contributed by atoms with Crippen molar-refractivity contribution in [3.63, 3.8) is 0 Å². The van der Waals surface area contributed by atoms with Crippen molar-refractivity contribution in [1.29, 1.82) is 5.26 Å². The fraction of sp³-hybridized carbons (Fsp3) is 0.214. The molecule has 2 rings (SSSR count). The number of hydrogen-bond acceptors (Lipinski definition) is 5. The van der Waals surface area contributed by atoms with Crippen LogP contribution < -0.4 is 4.90 Å². The first-order chi connectivity index (χ1) is 9.61. The van der Waals surface area contributed by atoms with Crippen LogP contribution in [0.4, 0.5) is 5.82 Å². The van der Waals surface area contributed by atoms with Crippen molar-refractivity contribution in [2.45, 2.75) is 11.4 Å². The average Bonchev–Trinajstić information content (AvgIpc) is 2.47. The smallest absolute Gasteiger partial charge is 0.183 e. The average molecular weight is 286 g/mol. The van der Waals surface area contributed by atoms with Crippen molar-refractivity contribution >= 4 is 16.6 Å². The summed E-state index contributed by atoms with van der Waals surface area (Å²) in [5.74, 6) is 0.554. The predicted molar refractivity (Wildman–Crippen MR) is 77.6 cm³/mol. The van der Waals surface area contributed by atoms with E-state index in [2.05, 4.69) is 9.97 Å². The van der Waals surface area contributed by atoms with Gasteiger partial charge in [0.2, 0.25) is 0 Å². The molecule has 102 valence electrons. The summed E-state index contributed by atoms with van der Waals surface area (Å²) < 4.78 is 11.3. The molecule has 2 aromatic rings. The number of hydrogen-bond donors (Lipinski definition) is 0. The number of nitriles is 1. The third-order valence-corrected chi connectivity index (χ3v) is 3.76. The summed E-state index contributed by atoms with van der Waals surface area (Å²) in [5, 5.41) is 9.02. The summed E-state index contributed by atoms with van der Waals surface area (Å²) in [5.41, 5.74) is 1.36. The van der Waals surface area contributed by atoms with Gasteiger partial charge in [0.25, 0.3) is 0 Å². The lowest BCUT2D eigenvalue weighted by molar-refractivity contribution is 0.687. The molecule has 1 aromatic carbocycles. The Morgan fingerprint density at radius 3 is 2.50 bits per heavy atom. The molecule has 0 amide bonds. The largest absolute Gasteiger partial charge is 0.353 e. The van der Waals surface area contributed by atoms with Crippen LogP contribution in [0.3, 0.4) is 0 Å². The zero-order chi connectivity index (χ0) is 14.5. The van der Waals surface area contributed by atoms with E-state index in [1.54, 1.807) is 12.5 Å². The van der Waals surface area contributed by atoms with E-state index in [1.165, 1.54) is 6.20 Å². The topological polar surface area (TPSA) is 69.9 Å². The molecule has 0 saturated carbocycles. The molecule has 0 N–H and O–H groups in total. The van der Waals surface area contributed by atoms with Gasteiger partial charge in [-0.3, -0.25) is 4.21 Å². The summed E-state index contributed by atoms with van der Waals surface area (Å²) in [7, 11) is 0.888. The highest BCUT2D eigenvalue weighted by atomic mass is 32.2. The summed E-state index contributed by atoms with van der Waals surface area (Å²) in [6, 6.07) is 9.58. The molecule has 0 radical (unpaired) electrons. The lowest BCUT2D eigenvalue weighted by Gasteiger charge is -2.18. The molecule has 1 aromatic heterocycles. The van der Waals surface area contributed by atoms with Crippen LogP contribution in [0.1, 0.15) is 11.3 Å². The van der Waals surface area contributed by atoms with Gasteiger partial charge in [-0.2, -0.15) is 5.26 Å². The van der Waals surface area contributed by atoms with E-state index in [4.69, 9.17) is 5.26 Å². The lowest BCUT2D eigenvalue weighted by atomic mass is 10.2. The minimum atomic E-state index is -0.970. The van der Waals surface area contributed by atoms with Crippen molar-refractivity contribution < 1.29 is 4.21 Å². The van der Waals surface area contributed by atoms with Gasteiger partial charge in [-0.05, 0) is 17.7 Å². The second kappa shape index (κ2) is 6.26. The molecule has 1 atom stereocenters. The van der Waals surface area contributed by atoms with Gasteiger partial charge in [0, 0.05) is 47.9 Å². The highest BCUT2D eigenvalue weighted by molar-refractivity contribution is 7.84. The molecular weight excluding hydrogens is 272 g/mol. The Morgan fingerprint density at radius 1 is 1.25 bits per heavy atom. The van der Waals surface area contributed by atoms with Crippen LogP contribution in [-0.4, -0.2) is 27.5 Å². The van der Waals surface area contributed by atoms with Crippen LogP contribution in [-0.2, 0) is 17.3 Å². The number of benzene rings is 1. The van der Waals surface area contributed by atoms with Crippen molar-refractivity contribution in [3.05, 3.63) is 47.9 Å². The van der Waals surface area contributed by atoms with E-state index < -0.39 is 10.8 Å². The second-order valence-electron chi connectivity index (χ2n) is 4.29. The molecule has 5 nitrogen and oxygen atoms in total. The SMILES string of the molecule is CN(Cc1ccc([S@@](C)=O)cc1)c1nccnc1C#N. The molecule has 6 heteroatoms. The van der Waals surface area contributed by atoms with E-state index in [9.17, 15) is 4.21 Å². The number of anilines is 1. The molecule has 1 heterocycles. The van der Waals surface area contributed by atoms with Crippen LogP contribution in [0.15, 0.2) is 41.6 Å². The van der Waals surface area contributed by atoms with Crippen LogP contribution in [0, 0.1) is 11.3 Å². The second-order valence-corrected chi connectivity index (χ2v) is 5.67. The minimum Gasteiger partial charge on any atom is -0.353 e. The van der Waals surface area contributed by atoms with Gasteiger partial charge >= 0.3 is 0 Å². The first-order valence-corrected chi connectivity index (χ1v) is 7.52. The molecule has 0 aliphatic carbocycles. The third-order valence-electron chi connectivity index (χ3n) is 2.82. The van der Waals surface area contributed by atoms with E-state index in [1.807, 2.05) is 42.3 Å². The Hall–Kier alpha value is -2.26. The van der Waals surface area contributed by atoms with E-state index in [0.29, 0.717) is 18.1 Å². The number of nitrogens with zero attached hydrogens (tertiary/aromatic N) is 4. The zero-order valence-corrected chi connectivity index (χ0v) is 12.1. The Bertz CT molecular complexity index is 664. The predicted octanol–water partition coefficient (Wildman–Crippen LogP) is 1.72. The van der Waals surface area contributed by atoms with E-state index >= 15 is 0 Å². The molecule has 0 spiro atoms. The maximum absolute atomic E-state index is 11.3. The van der Waals surface area contributed by atoms with Crippen molar-refractivity contribution in [1.82, 2.24) is 9.97 Å². The summed E-state index contributed by atoms with van der Waals surface area (Å²) in [6.45, 7) is 0.601. The minimum absolute atomic E-state index is 0.307. The molecule has 0 aliphatic rings. The summed E-state index contributed by atoms with van der Waals surface area (Å²) >= 11 is 0. The van der Waals surface area contributed by atoms with E-state index in [-0.39, 0.29) is 0 Å². The van der Waals surface area contributed by atoms with Crippen molar-refractivity contribution in [2.75, 3.05) is 18.2 Å². The fourth-order valence-corrected chi connectivity index (χ4v) is 2.34. The first kappa shape index (κ1) is 14.2. The molecule has 0 aliphatic heterocycles. The third kappa shape index (κ3) is 3.19. The number of aromatic nitrogens is 2. The highest BCUT2D eigenvalue weighted by Gasteiger charge is 2.10. The van der Waals surface area contributed by atoms with Gasteiger partial charge < -0.3 is 4.90 Å². The van der Waals surface area contributed by atoms with Crippen LogP contribution >= 0.6 is 0 Å². The quantitative estimate of drug-likeness (QED) is 0.856. The summed E-state index contributed by atoms with van der Waals surface area (Å²) in [6.07, 6.45) is 4.72. The normalized spacial score (nSPS) is 11.7. The zero-order valence-electron chi connectivity index (χ0n) is 11.3. The van der Waals surface area contributed by atoms with Gasteiger partial charge in [0.15, 0.2) is 11.5 Å². The maximum atomic E-state index is 11.3. The lowest BCUT2D eigenvalue weighted by Crippen LogP contribution is -2.19. The van der Waals surface area contributed by atoms with Gasteiger partial charge in [-0.15, -0.1) is 0 Å². The first-order valence-electron chi connectivity index (χ1n) is 5.96. The molecule has 20 heavy (non-hydrogen) atoms. The maximum Gasteiger partial charge on any atom is 0.183 e. The molecule has 0 saturated heterocycles. The van der Waals surface area contributed by atoms with Crippen LogP contribution in [0.5, 0.6) is 0 Å². The number of rotatable bonds is 4. The Balaban J connectivity index is 2.17. The highest BCUT2D eigenvalue weighted by Crippen LogP contribution is 2.16.